The van der Waals surface area contributed by atoms with E-state index in [0.29, 0.717) is 6.54 Å². The van der Waals surface area contributed by atoms with Gasteiger partial charge in [0.25, 0.3) is 0 Å². The molecule has 0 spiro atoms. The predicted molar refractivity (Wildman–Crippen MR) is 72.1 cm³/mol. The van der Waals surface area contributed by atoms with Crippen molar-refractivity contribution in [3.8, 4) is 0 Å². The van der Waals surface area contributed by atoms with Gasteiger partial charge in [-0.3, -0.25) is 9.69 Å². The maximum Gasteiger partial charge on any atom is 0.317 e. The first kappa shape index (κ1) is 14.2. The molecule has 0 amide bonds. The van der Waals surface area contributed by atoms with Crippen LogP contribution in [-0.2, 0) is 11.3 Å². The van der Waals surface area contributed by atoms with E-state index in [1.807, 2.05) is 30.0 Å². The SMILES string of the molecule is CCCN(CC(=O)O)Cc1cccc(Br)c1C. The van der Waals surface area contributed by atoms with Crippen LogP contribution in [0, 0.1) is 6.92 Å². The lowest BCUT2D eigenvalue weighted by molar-refractivity contribution is -0.138. The zero-order chi connectivity index (χ0) is 12.8. The van der Waals surface area contributed by atoms with E-state index in [0.717, 1.165) is 17.4 Å². The van der Waals surface area contributed by atoms with Crippen LogP contribution in [-0.4, -0.2) is 29.1 Å². The number of rotatable bonds is 6. The number of benzene rings is 1. The third-order valence-corrected chi connectivity index (χ3v) is 3.53. The third kappa shape index (κ3) is 4.48. The number of carbonyl (C=O) groups is 1. The second kappa shape index (κ2) is 6.77. The second-order valence-electron chi connectivity index (χ2n) is 4.13. The molecule has 0 radical (unpaired) electrons. The van der Waals surface area contributed by atoms with Gasteiger partial charge in [0.1, 0.15) is 0 Å². The van der Waals surface area contributed by atoms with Crippen LogP contribution >= 0.6 is 15.9 Å². The highest BCUT2D eigenvalue weighted by Gasteiger charge is 2.11. The average molecular weight is 300 g/mol. The van der Waals surface area contributed by atoms with Gasteiger partial charge >= 0.3 is 5.97 Å². The molecule has 1 N–H and O–H groups in total. The van der Waals surface area contributed by atoms with Crippen LogP contribution in [0.2, 0.25) is 0 Å². The van der Waals surface area contributed by atoms with E-state index in [1.165, 1.54) is 11.1 Å². The minimum Gasteiger partial charge on any atom is -0.480 e. The van der Waals surface area contributed by atoms with Crippen LogP contribution in [0.25, 0.3) is 0 Å². The van der Waals surface area contributed by atoms with Gasteiger partial charge in [0, 0.05) is 11.0 Å². The molecule has 17 heavy (non-hydrogen) atoms. The zero-order valence-electron chi connectivity index (χ0n) is 10.2. The smallest absolute Gasteiger partial charge is 0.317 e. The Labute approximate surface area is 111 Å². The van der Waals surface area contributed by atoms with Crippen LogP contribution in [0.5, 0.6) is 0 Å². The van der Waals surface area contributed by atoms with E-state index in [4.69, 9.17) is 5.11 Å². The summed E-state index contributed by atoms with van der Waals surface area (Å²) in [6, 6.07) is 6.03. The molecular weight excluding hydrogens is 282 g/mol. The van der Waals surface area contributed by atoms with Crippen molar-refractivity contribution in [3.63, 3.8) is 0 Å². The highest BCUT2D eigenvalue weighted by molar-refractivity contribution is 9.10. The molecule has 1 rings (SSSR count). The summed E-state index contributed by atoms with van der Waals surface area (Å²) in [5.74, 6) is -0.772. The summed E-state index contributed by atoms with van der Waals surface area (Å²) in [5, 5.41) is 8.86. The summed E-state index contributed by atoms with van der Waals surface area (Å²) in [7, 11) is 0. The van der Waals surface area contributed by atoms with Crippen molar-refractivity contribution in [2.75, 3.05) is 13.1 Å². The average Bonchev–Trinajstić information content (AvgIpc) is 2.24. The van der Waals surface area contributed by atoms with Crippen LogP contribution in [0.3, 0.4) is 0 Å². The molecule has 0 aromatic heterocycles. The molecule has 3 nitrogen and oxygen atoms in total. The summed E-state index contributed by atoms with van der Waals surface area (Å²) in [5.41, 5.74) is 2.35. The Hall–Kier alpha value is -0.870. The monoisotopic (exact) mass is 299 g/mol. The topological polar surface area (TPSA) is 40.5 Å². The summed E-state index contributed by atoms with van der Waals surface area (Å²) in [4.78, 5) is 12.7. The molecule has 0 unspecified atom stereocenters. The van der Waals surface area contributed by atoms with Crippen LogP contribution in [0.15, 0.2) is 22.7 Å². The Bertz CT molecular complexity index is 393. The molecule has 4 heteroatoms. The minimum absolute atomic E-state index is 0.0970. The number of carboxylic acids is 1. The van der Waals surface area contributed by atoms with Crippen molar-refractivity contribution in [1.82, 2.24) is 4.90 Å². The van der Waals surface area contributed by atoms with Gasteiger partial charge in [0.2, 0.25) is 0 Å². The zero-order valence-corrected chi connectivity index (χ0v) is 11.8. The van der Waals surface area contributed by atoms with Gasteiger partial charge in [0.05, 0.1) is 6.54 Å². The summed E-state index contributed by atoms with van der Waals surface area (Å²) < 4.78 is 1.07. The Morgan fingerprint density at radius 3 is 2.76 bits per heavy atom. The number of hydrogen-bond donors (Lipinski definition) is 1. The van der Waals surface area contributed by atoms with Crippen molar-refractivity contribution < 1.29 is 9.90 Å². The fourth-order valence-corrected chi connectivity index (χ4v) is 2.19. The van der Waals surface area contributed by atoms with Gasteiger partial charge in [-0.15, -0.1) is 0 Å². The molecular formula is C13H18BrNO2. The first-order chi connectivity index (χ1) is 8.04. The van der Waals surface area contributed by atoms with E-state index in [2.05, 4.69) is 22.9 Å². The molecule has 0 aliphatic rings. The van der Waals surface area contributed by atoms with E-state index >= 15 is 0 Å². The van der Waals surface area contributed by atoms with Gasteiger partial charge in [-0.2, -0.15) is 0 Å². The molecule has 1 aromatic rings. The van der Waals surface area contributed by atoms with E-state index in [-0.39, 0.29) is 6.54 Å². The normalized spacial score (nSPS) is 10.8. The van der Waals surface area contributed by atoms with Crippen molar-refractivity contribution in [1.29, 1.82) is 0 Å². The van der Waals surface area contributed by atoms with Gasteiger partial charge in [-0.1, -0.05) is 35.0 Å². The van der Waals surface area contributed by atoms with Crippen molar-refractivity contribution in [2.24, 2.45) is 0 Å². The van der Waals surface area contributed by atoms with Crippen molar-refractivity contribution in [3.05, 3.63) is 33.8 Å². The van der Waals surface area contributed by atoms with Gasteiger partial charge < -0.3 is 5.11 Å². The number of hydrogen-bond acceptors (Lipinski definition) is 2. The van der Waals surface area contributed by atoms with E-state index in [9.17, 15) is 4.79 Å². The lowest BCUT2D eigenvalue weighted by Crippen LogP contribution is -2.30. The highest BCUT2D eigenvalue weighted by Crippen LogP contribution is 2.20. The highest BCUT2D eigenvalue weighted by atomic mass is 79.9. The summed E-state index contributed by atoms with van der Waals surface area (Å²) in [6.45, 7) is 5.69. The second-order valence-corrected chi connectivity index (χ2v) is 4.98. The van der Waals surface area contributed by atoms with Crippen molar-refractivity contribution >= 4 is 21.9 Å². The Morgan fingerprint density at radius 2 is 2.18 bits per heavy atom. The van der Waals surface area contributed by atoms with Crippen molar-refractivity contribution in [2.45, 2.75) is 26.8 Å². The molecule has 0 atom stereocenters. The molecule has 94 valence electrons. The maximum atomic E-state index is 10.8. The number of halogens is 1. The number of nitrogens with zero attached hydrogens (tertiary/aromatic N) is 1. The van der Waals surface area contributed by atoms with Crippen LogP contribution < -0.4 is 0 Å². The standard InChI is InChI=1S/C13H18BrNO2/c1-3-7-15(9-13(16)17)8-11-5-4-6-12(14)10(11)2/h4-6H,3,7-9H2,1-2H3,(H,16,17). The fraction of sp³-hybridized carbons (Fsp3) is 0.462. The molecule has 0 aliphatic carbocycles. The van der Waals surface area contributed by atoms with Crippen LogP contribution in [0.4, 0.5) is 0 Å². The van der Waals surface area contributed by atoms with E-state index in [1.54, 1.807) is 0 Å². The molecule has 0 saturated heterocycles. The van der Waals surface area contributed by atoms with Gasteiger partial charge in [0.15, 0.2) is 0 Å². The minimum atomic E-state index is -0.772. The Balaban J connectivity index is 2.78. The van der Waals surface area contributed by atoms with E-state index < -0.39 is 5.97 Å². The Kier molecular flexibility index (Phi) is 5.65. The molecule has 0 fully saturated rings. The number of carboxylic acid groups (broad SMARTS) is 1. The fourth-order valence-electron chi connectivity index (χ4n) is 1.79. The molecule has 0 aliphatic heterocycles. The summed E-state index contributed by atoms with van der Waals surface area (Å²) >= 11 is 3.49. The van der Waals surface area contributed by atoms with Crippen LogP contribution in [0.1, 0.15) is 24.5 Å². The maximum absolute atomic E-state index is 10.8. The predicted octanol–water partition coefficient (Wildman–Crippen LogP) is 3.05. The molecule has 0 saturated carbocycles. The first-order valence-corrected chi connectivity index (χ1v) is 6.52. The molecule has 1 aromatic carbocycles. The quantitative estimate of drug-likeness (QED) is 0.878. The third-order valence-electron chi connectivity index (χ3n) is 2.67. The molecule has 0 bridgehead atoms. The first-order valence-electron chi connectivity index (χ1n) is 5.72. The number of aliphatic carboxylic acids is 1. The lowest BCUT2D eigenvalue weighted by Gasteiger charge is -2.20. The Morgan fingerprint density at radius 1 is 1.47 bits per heavy atom. The lowest BCUT2D eigenvalue weighted by atomic mass is 10.1. The largest absolute Gasteiger partial charge is 0.480 e. The van der Waals surface area contributed by atoms with Gasteiger partial charge in [-0.05, 0) is 37.1 Å². The summed E-state index contributed by atoms with van der Waals surface area (Å²) in [6.07, 6.45) is 0.959. The van der Waals surface area contributed by atoms with Gasteiger partial charge in [-0.25, -0.2) is 0 Å². The molecule has 0 heterocycles.